The molecule has 0 saturated carbocycles. The Kier molecular flexibility index (Phi) is 8.95. The van der Waals surface area contributed by atoms with E-state index in [2.05, 4.69) is 15.9 Å². The molecule has 4 rings (SSSR count). The van der Waals surface area contributed by atoms with Crippen LogP contribution in [0.15, 0.2) is 53.0 Å². The highest BCUT2D eigenvalue weighted by Crippen LogP contribution is 2.32. The van der Waals surface area contributed by atoms with Crippen LogP contribution in [0.1, 0.15) is 29.7 Å². The van der Waals surface area contributed by atoms with Crippen LogP contribution in [0, 0.1) is 0 Å². The lowest BCUT2D eigenvalue weighted by molar-refractivity contribution is -0.140. The molecule has 2 aromatic carbocycles. The quantitative estimate of drug-likeness (QED) is 0.269. The Labute approximate surface area is 234 Å². The average Bonchev–Trinajstić information content (AvgIpc) is 2.90. The molecule has 0 saturated heterocycles. The van der Waals surface area contributed by atoms with Gasteiger partial charge in [0, 0.05) is 42.8 Å². The number of benzene rings is 2. The number of urea groups is 1. The number of hydrogen-bond donors (Lipinski definition) is 0. The molecule has 2 amide bonds. The molecule has 0 fully saturated rings. The van der Waals surface area contributed by atoms with Gasteiger partial charge in [-0.1, -0.05) is 51.3 Å². The second-order valence-electron chi connectivity index (χ2n) is 8.69. The lowest BCUT2D eigenvalue weighted by Crippen LogP contribution is -2.44. The van der Waals surface area contributed by atoms with Crippen LogP contribution in [0.25, 0.3) is 0 Å². The van der Waals surface area contributed by atoms with E-state index in [1.165, 1.54) is 7.11 Å². The van der Waals surface area contributed by atoms with E-state index in [0.717, 1.165) is 34.1 Å². The zero-order valence-electron chi connectivity index (χ0n) is 20.5. The third-order valence-corrected chi connectivity index (χ3v) is 7.50. The van der Waals surface area contributed by atoms with E-state index in [9.17, 15) is 9.59 Å². The molecular formula is C27H26BrCl2N3O4. The fourth-order valence-corrected chi connectivity index (χ4v) is 4.83. The molecule has 0 unspecified atom stereocenters. The van der Waals surface area contributed by atoms with E-state index >= 15 is 0 Å². The van der Waals surface area contributed by atoms with Crippen LogP contribution in [-0.4, -0.2) is 42.6 Å². The second kappa shape index (κ2) is 12.2. The maximum atomic E-state index is 13.4. The summed E-state index contributed by atoms with van der Waals surface area (Å²) < 4.78 is 11.4. The number of methoxy groups -OCH3 is 1. The standard InChI is InChI=1S/C27H26BrCl2N3O4/c1-32(16-18-6-9-20(14-22(18)28)37-21-10-11-23(29)24(30)15-21)27(35)33-13-3-4-17-5-7-19(31-26(17)33)8-12-25(34)36-2/h5-7,9-11,14-15H,3-4,8,12-13,16H2,1-2H3. The first-order valence-electron chi connectivity index (χ1n) is 11.7. The van der Waals surface area contributed by atoms with Crippen molar-refractivity contribution in [3.05, 3.63) is 79.9 Å². The Balaban J connectivity index is 1.45. The van der Waals surface area contributed by atoms with Gasteiger partial charge in [0.1, 0.15) is 17.3 Å². The zero-order valence-corrected chi connectivity index (χ0v) is 23.6. The van der Waals surface area contributed by atoms with Crippen molar-refractivity contribution >= 4 is 57.0 Å². The number of amides is 2. The third kappa shape index (κ3) is 6.74. The molecule has 0 aliphatic carbocycles. The Bertz CT molecular complexity index is 1320. The number of pyridine rings is 1. The van der Waals surface area contributed by atoms with Crippen molar-refractivity contribution in [2.75, 3.05) is 25.6 Å². The predicted molar refractivity (Wildman–Crippen MR) is 148 cm³/mol. The molecule has 1 aliphatic rings. The van der Waals surface area contributed by atoms with Crippen molar-refractivity contribution in [3.8, 4) is 11.5 Å². The van der Waals surface area contributed by atoms with Crippen molar-refractivity contribution in [2.45, 2.75) is 32.2 Å². The summed E-state index contributed by atoms with van der Waals surface area (Å²) in [7, 11) is 3.14. The summed E-state index contributed by atoms with van der Waals surface area (Å²) in [6.45, 7) is 0.974. The van der Waals surface area contributed by atoms with Crippen LogP contribution >= 0.6 is 39.1 Å². The number of nitrogens with zero attached hydrogens (tertiary/aromatic N) is 3. The first kappa shape index (κ1) is 27.2. The number of ether oxygens (including phenoxy) is 2. The van der Waals surface area contributed by atoms with Crippen molar-refractivity contribution in [1.29, 1.82) is 0 Å². The van der Waals surface area contributed by atoms with Crippen LogP contribution in [-0.2, 0) is 28.9 Å². The van der Waals surface area contributed by atoms with Gasteiger partial charge in [0.05, 0.1) is 23.6 Å². The molecule has 0 atom stereocenters. The molecule has 0 spiro atoms. The van der Waals surface area contributed by atoms with Crippen molar-refractivity contribution < 1.29 is 19.1 Å². The smallest absolute Gasteiger partial charge is 0.325 e. The van der Waals surface area contributed by atoms with E-state index < -0.39 is 0 Å². The molecule has 194 valence electrons. The molecule has 1 aromatic heterocycles. The summed E-state index contributed by atoms with van der Waals surface area (Å²) in [5.74, 6) is 1.57. The van der Waals surface area contributed by atoms with E-state index in [0.29, 0.717) is 46.9 Å². The van der Waals surface area contributed by atoms with Gasteiger partial charge in [0.15, 0.2) is 0 Å². The first-order chi connectivity index (χ1) is 17.7. The van der Waals surface area contributed by atoms with Crippen LogP contribution < -0.4 is 9.64 Å². The van der Waals surface area contributed by atoms with E-state index in [1.807, 2.05) is 30.3 Å². The maximum absolute atomic E-state index is 13.4. The highest BCUT2D eigenvalue weighted by Gasteiger charge is 2.27. The predicted octanol–water partition coefficient (Wildman–Crippen LogP) is 7.05. The number of fused-ring (bicyclic) bond motifs is 1. The van der Waals surface area contributed by atoms with Crippen molar-refractivity contribution in [3.63, 3.8) is 0 Å². The number of rotatable bonds is 7. The van der Waals surface area contributed by atoms with Gasteiger partial charge in [-0.2, -0.15) is 0 Å². The van der Waals surface area contributed by atoms with Gasteiger partial charge in [-0.25, -0.2) is 9.78 Å². The van der Waals surface area contributed by atoms with Crippen LogP contribution in [0.5, 0.6) is 11.5 Å². The number of aromatic nitrogens is 1. The zero-order chi connectivity index (χ0) is 26.5. The van der Waals surface area contributed by atoms with E-state index in [4.69, 9.17) is 37.7 Å². The van der Waals surface area contributed by atoms with Gasteiger partial charge in [-0.15, -0.1) is 0 Å². The fraction of sp³-hybridized carbons (Fsp3) is 0.296. The van der Waals surface area contributed by atoms with Crippen LogP contribution in [0.2, 0.25) is 10.0 Å². The molecule has 10 heteroatoms. The van der Waals surface area contributed by atoms with Crippen LogP contribution in [0.4, 0.5) is 10.6 Å². The number of hydrogen-bond acceptors (Lipinski definition) is 5. The Morgan fingerprint density at radius 1 is 1.08 bits per heavy atom. The van der Waals surface area contributed by atoms with Gasteiger partial charge in [-0.3, -0.25) is 9.69 Å². The van der Waals surface area contributed by atoms with Gasteiger partial charge >= 0.3 is 12.0 Å². The number of esters is 1. The topological polar surface area (TPSA) is 72.0 Å². The molecule has 0 radical (unpaired) electrons. The molecule has 0 bridgehead atoms. The van der Waals surface area contributed by atoms with Gasteiger partial charge in [0.25, 0.3) is 0 Å². The normalized spacial score (nSPS) is 12.6. The second-order valence-corrected chi connectivity index (χ2v) is 10.4. The number of carbonyl (C=O) groups excluding carboxylic acids is 2. The van der Waals surface area contributed by atoms with Gasteiger partial charge < -0.3 is 14.4 Å². The molecular weight excluding hydrogens is 581 g/mol. The van der Waals surface area contributed by atoms with E-state index in [-0.39, 0.29) is 18.4 Å². The van der Waals surface area contributed by atoms with E-state index in [1.54, 1.807) is 35.0 Å². The molecule has 3 aromatic rings. The summed E-state index contributed by atoms with van der Waals surface area (Å²) in [4.78, 5) is 33.1. The molecule has 1 aliphatic heterocycles. The molecule has 0 N–H and O–H groups in total. The summed E-state index contributed by atoms with van der Waals surface area (Å²) in [5, 5.41) is 0.876. The molecule has 2 heterocycles. The van der Waals surface area contributed by atoms with Gasteiger partial charge in [-0.05, 0) is 54.3 Å². The number of aryl methyl sites for hydroxylation is 2. The summed E-state index contributed by atoms with van der Waals surface area (Å²) in [6, 6.07) is 14.5. The SMILES string of the molecule is COC(=O)CCc1ccc2c(n1)N(C(=O)N(C)Cc1ccc(Oc3ccc(Cl)c(Cl)c3)cc1Br)CCC2. The van der Waals surface area contributed by atoms with Crippen molar-refractivity contribution in [1.82, 2.24) is 9.88 Å². The first-order valence-corrected chi connectivity index (χ1v) is 13.3. The highest BCUT2D eigenvalue weighted by molar-refractivity contribution is 9.10. The maximum Gasteiger partial charge on any atom is 0.325 e. The summed E-state index contributed by atoms with van der Waals surface area (Å²) in [5.41, 5.74) is 2.71. The number of halogens is 3. The number of carbonyl (C=O) groups is 2. The average molecular weight is 607 g/mol. The Hall–Kier alpha value is -2.81. The summed E-state index contributed by atoms with van der Waals surface area (Å²) in [6.07, 6.45) is 2.43. The number of anilines is 1. The van der Waals surface area contributed by atoms with Crippen LogP contribution in [0.3, 0.4) is 0 Å². The Morgan fingerprint density at radius 2 is 1.84 bits per heavy atom. The van der Waals surface area contributed by atoms with Gasteiger partial charge in [0.2, 0.25) is 0 Å². The lowest BCUT2D eigenvalue weighted by atomic mass is 10.0. The molecule has 37 heavy (non-hydrogen) atoms. The third-order valence-electron chi connectivity index (χ3n) is 6.03. The lowest BCUT2D eigenvalue weighted by Gasteiger charge is -2.32. The minimum Gasteiger partial charge on any atom is -0.469 e. The monoisotopic (exact) mass is 605 g/mol. The molecule has 7 nitrogen and oxygen atoms in total. The largest absolute Gasteiger partial charge is 0.469 e. The fourth-order valence-electron chi connectivity index (χ4n) is 4.06. The van der Waals surface area contributed by atoms with Crippen molar-refractivity contribution in [2.24, 2.45) is 0 Å². The summed E-state index contributed by atoms with van der Waals surface area (Å²) >= 11 is 15.7. The highest BCUT2D eigenvalue weighted by atomic mass is 79.9. The Morgan fingerprint density at radius 3 is 2.57 bits per heavy atom. The minimum absolute atomic E-state index is 0.137. The minimum atomic E-state index is -0.286.